The Bertz CT molecular complexity index is 298. The largest absolute Gasteiger partial charge is 0.412 e. The third kappa shape index (κ3) is 3.29. The summed E-state index contributed by atoms with van der Waals surface area (Å²) in [6.45, 7) is 11.6. The molecule has 2 nitrogen and oxygen atoms in total. The molecule has 1 aliphatic carbocycles. The molecule has 0 unspecified atom stereocenters. The molecule has 0 bridgehead atoms. The summed E-state index contributed by atoms with van der Waals surface area (Å²) in [4.78, 5) is 11.6. The summed E-state index contributed by atoms with van der Waals surface area (Å²) in [6.07, 6.45) is 4.79. The Balaban J connectivity index is 2.57. The van der Waals surface area contributed by atoms with Gasteiger partial charge in [-0.25, -0.2) is 0 Å². The van der Waals surface area contributed by atoms with Crippen LogP contribution in [0.15, 0.2) is 11.6 Å². The van der Waals surface area contributed by atoms with Gasteiger partial charge in [0, 0.05) is 12.0 Å². The van der Waals surface area contributed by atoms with E-state index in [4.69, 9.17) is 4.43 Å². The fraction of sp³-hybridized carbons (Fsp3) is 0.769. The second-order valence-corrected chi connectivity index (χ2v) is 10.9. The first-order chi connectivity index (χ1) is 7.24. The lowest BCUT2D eigenvalue weighted by Crippen LogP contribution is -2.41. The minimum Gasteiger partial charge on any atom is -0.412 e. The summed E-state index contributed by atoms with van der Waals surface area (Å²) < 4.78 is 6.05. The highest BCUT2D eigenvalue weighted by Gasteiger charge is 2.37. The van der Waals surface area contributed by atoms with Gasteiger partial charge in [-0.05, 0) is 31.0 Å². The topological polar surface area (TPSA) is 26.3 Å². The Kier molecular flexibility index (Phi) is 4.13. The fourth-order valence-corrected chi connectivity index (χ4v) is 2.38. The quantitative estimate of drug-likeness (QED) is 0.703. The maximum Gasteiger partial charge on any atom is 0.192 e. The van der Waals surface area contributed by atoms with E-state index in [2.05, 4.69) is 39.9 Å². The van der Waals surface area contributed by atoms with Crippen molar-refractivity contribution in [3.63, 3.8) is 0 Å². The van der Waals surface area contributed by atoms with Gasteiger partial charge in [0.25, 0.3) is 0 Å². The van der Waals surface area contributed by atoms with Gasteiger partial charge in [-0.15, -0.1) is 0 Å². The van der Waals surface area contributed by atoms with Gasteiger partial charge in [-0.2, -0.15) is 0 Å². The van der Waals surface area contributed by atoms with Gasteiger partial charge in [0.05, 0.1) is 6.61 Å². The van der Waals surface area contributed by atoms with Crippen molar-refractivity contribution in [3.05, 3.63) is 11.6 Å². The number of hydrogen-bond donors (Lipinski definition) is 0. The zero-order valence-corrected chi connectivity index (χ0v) is 12.2. The molecule has 0 atom stereocenters. The molecule has 0 aromatic rings. The second kappa shape index (κ2) is 4.84. The molecular weight excluding hydrogens is 216 g/mol. The number of carbonyl (C=O) groups is 1. The van der Waals surface area contributed by atoms with E-state index in [1.165, 1.54) is 0 Å². The molecule has 0 aromatic carbocycles. The summed E-state index contributed by atoms with van der Waals surface area (Å²) in [6, 6.07) is 0. The first kappa shape index (κ1) is 13.7. The Hall–Kier alpha value is -0.413. The SMILES string of the molecule is CC(C)(C)[Si](C)(C)OCC1=CCCCC1=O. The Morgan fingerprint density at radius 2 is 2.00 bits per heavy atom. The molecule has 16 heavy (non-hydrogen) atoms. The predicted octanol–water partition coefficient (Wildman–Crippen LogP) is 3.69. The molecule has 3 heteroatoms. The van der Waals surface area contributed by atoms with Crippen molar-refractivity contribution in [2.45, 2.75) is 58.2 Å². The summed E-state index contributed by atoms with van der Waals surface area (Å²) in [5.74, 6) is 0.282. The second-order valence-electron chi connectivity index (χ2n) is 6.09. The van der Waals surface area contributed by atoms with E-state index in [0.29, 0.717) is 13.0 Å². The maximum absolute atomic E-state index is 11.6. The van der Waals surface area contributed by atoms with Gasteiger partial charge >= 0.3 is 0 Å². The van der Waals surface area contributed by atoms with Crippen LogP contribution in [0.25, 0.3) is 0 Å². The molecule has 0 heterocycles. The zero-order valence-electron chi connectivity index (χ0n) is 11.2. The number of rotatable bonds is 3. The highest BCUT2D eigenvalue weighted by Crippen LogP contribution is 2.36. The van der Waals surface area contributed by atoms with Gasteiger partial charge in [0.1, 0.15) is 0 Å². The highest BCUT2D eigenvalue weighted by atomic mass is 28.4. The van der Waals surface area contributed by atoms with E-state index in [0.717, 1.165) is 18.4 Å². The normalized spacial score (nSPS) is 18.6. The van der Waals surface area contributed by atoms with Crippen molar-refractivity contribution < 1.29 is 9.22 Å². The number of hydrogen-bond acceptors (Lipinski definition) is 2. The molecule has 1 rings (SSSR count). The average Bonchev–Trinajstić information content (AvgIpc) is 2.15. The van der Waals surface area contributed by atoms with Gasteiger partial charge in [0.15, 0.2) is 14.1 Å². The molecular formula is C13H24O2Si. The van der Waals surface area contributed by atoms with Gasteiger partial charge < -0.3 is 4.43 Å². The third-order valence-electron chi connectivity index (χ3n) is 3.75. The minimum absolute atomic E-state index is 0.214. The van der Waals surface area contributed by atoms with Crippen LogP contribution >= 0.6 is 0 Å². The summed E-state index contributed by atoms with van der Waals surface area (Å²) in [5.41, 5.74) is 0.899. The van der Waals surface area contributed by atoms with Crippen molar-refractivity contribution in [1.29, 1.82) is 0 Å². The summed E-state index contributed by atoms with van der Waals surface area (Å²) in [7, 11) is -1.71. The Labute approximate surface area is 100 Å². The van der Waals surface area contributed by atoms with Gasteiger partial charge in [-0.3, -0.25) is 4.79 Å². The number of Topliss-reactive ketones (excluding diaryl/α,β-unsaturated/α-hetero) is 1. The van der Waals surface area contributed by atoms with Crippen LogP contribution in [0.2, 0.25) is 18.1 Å². The van der Waals surface area contributed by atoms with Gasteiger partial charge in [0.2, 0.25) is 0 Å². The summed E-state index contributed by atoms with van der Waals surface area (Å²) >= 11 is 0. The molecule has 0 saturated carbocycles. The van der Waals surface area contributed by atoms with Gasteiger partial charge in [-0.1, -0.05) is 26.8 Å². The molecule has 1 aliphatic rings. The van der Waals surface area contributed by atoms with E-state index < -0.39 is 8.32 Å². The molecule has 0 aliphatic heterocycles. The van der Waals surface area contributed by atoms with Crippen LogP contribution < -0.4 is 0 Å². The monoisotopic (exact) mass is 240 g/mol. The maximum atomic E-state index is 11.6. The van der Waals surface area contributed by atoms with E-state index in [1.807, 2.05) is 0 Å². The average molecular weight is 240 g/mol. The molecule has 92 valence electrons. The van der Waals surface area contributed by atoms with Crippen molar-refractivity contribution in [3.8, 4) is 0 Å². The lowest BCUT2D eigenvalue weighted by molar-refractivity contribution is -0.116. The standard InChI is InChI=1S/C13H24O2Si/c1-13(2,3)16(4,5)15-10-11-8-6-7-9-12(11)14/h8H,6-7,9-10H2,1-5H3. The smallest absolute Gasteiger partial charge is 0.192 e. The molecule has 0 spiro atoms. The Morgan fingerprint density at radius 3 is 2.50 bits per heavy atom. The van der Waals surface area contributed by atoms with Crippen molar-refractivity contribution in [2.24, 2.45) is 0 Å². The molecule has 0 amide bonds. The van der Waals surface area contributed by atoms with E-state index in [9.17, 15) is 4.79 Å². The lowest BCUT2D eigenvalue weighted by atomic mass is 9.99. The van der Waals surface area contributed by atoms with Crippen LogP contribution in [0.3, 0.4) is 0 Å². The number of allylic oxidation sites excluding steroid dienone is 1. The molecule has 0 aromatic heterocycles. The van der Waals surface area contributed by atoms with Crippen LogP contribution in [-0.4, -0.2) is 20.7 Å². The number of carbonyl (C=O) groups excluding carboxylic acids is 1. The first-order valence-corrected chi connectivity index (χ1v) is 9.01. The molecule has 0 fully saturated rings. The zero-order chi connectivity index (χ0) is 12.4. The van der Waals surface area contributed by atoms with Crippen molar-refractivity contribution in [2.75, 3.05) is 6.61 Å². The lowest BCUT2D eigenvalue weighted by Gasteiger charge is -2.36. The van der Waals surface area contributed by atoms with Crippen LogP contribution in [0.1, 0.15) is 40.0 Å². The highest BCUT2D eigenvalue weighted by molar-refractivity contribution is 6.74. The van der Waals surface area contributed by atoms with Crippen LogP contribution in [0, 0.1) is 0 Å². The fourth-order valence-electron chi connectivity index (χ4n) is 1.43. The predicted molar refractivity (Wildman–Crippen MR) is 70.1 cm³/mol. The minimum atomic E-state index is -1.71. The molecule has 0 N–H and O–H groups in total. The van der Waals surface area contributed by atoms with Crippen LogP contribution in [0.4, 0.5) is 0 Å². The Morgan fingerprint density at radius 1 is 1.38 bits per heavy atom. The first-order valence-electron chi connectivity index (χ1n) is 6.10. The van der Waals surface area contributed by atoms with Crippen molar-refractivity contribution in [1.82, 2.24) is 0 Å². The molecule has 0 radical (unpaired) electrons. The van der Waals surface area contributed by atoms with E-state index in [1.54, 1.807) is 0 Å². The van der Waals surface area contributed by atoms with Crippen LogP contribution in [-0.2, 0) is 9.22 Å². The third-order valence-corrected chi connectivity index (χ3v) is 8.23. The summed E-state index contributed by atoms with van der Waals surface area (Å²) in [5, 5.41) is 0.214. The van der Waals surface area contributed by atoms with E-state index in [-0.39, 0.29) is 10.8 Å². The van der Waals surface area contributed by atoms with E-state index >= 15 is 0 Å². The molecule has 0 saturated heterocycles. The number of ketones is 1. The van der Waals surface area contributed by atoms with Crippen LogP contribution in [0.5, 0.6) is 0 Å². The van der Waals surface area contributed by atoms with Crippen molar-refractivity contribution >= 4 is 14.1 Å².